The number of carbonyl (C=O) groups is 3. The van der Waals surface area contributed by atoms with Crippen molar-refractivity contribution in [3.8, 4) is 22.3 Å². The molecule has 1 saturated carbocycles. The molecule has 0 aromatic heterocycles. The summed E-state index contributed by atoms with van der Waals surface area (Å²) in [6, 6.07) is 38.0. The molecular weight excluding hydrogens is 619 g/mol. The molecule has 0 bridgehead atoms. The first-order chi connectivity index (χ1) is 24.4. The molecule has 6 heteroatoms. The van der Waals surface area contributed by atoms with Crippen LogP contribution in [0.4, 0.5) is 5.69 Å². The molecule has 2 aliphatic rings. The number of carbonyl (C=O) groups excluding carboxylic acids is 3. The van der Waals surface area contributed by atoms with E-state index in [-0.39, 0.29) is 11.8 Å². The molecule has 5 aromatic carbocycles. The molecule has 1 aliphatic heterocycles. The van der Waals surface area contributed by atoms with Crippen LogP contribution >= 0.6 is 0 Å². The summed E-state index contributed by atoms with van der Waals surface area (Å²) in [6.07, 6.45) is 6.26. The van der Waals surface area contributed by atoms with Crippen molar-refractivity contribution in [3.05, 3.63) is 126 Å². The number of anilines is 1. The van der Waals surface area contributed by atoms with E-state index in [0.717, 1.165) is 71.2 Å². The molecular formula is C44H45N3O3. The fraction of sp³-hybridized carbons (Fsp3) is 0.295. The van der Waals surface area contributed by atoms with Crippen molar-refractivity contribution in [2.24, 2.45) is 23.5 Å². The van der Waals surface area contributed by atoms with Crippen molar-refractivity contribution in [1.82, 2.24) is 5.32 Å². The minimum atomic E-state index is -0.934. The van der Waals surface area contributed by atoms with Gasteiger partial charge < -0.3 is 16.0 Å². The average molecular weight is 664 g/mol. The maximum atomic E-state index is 14.9. The Balaban J connectivity index is 1.25. The van der Waals surface area contributed by atoms with Crippen LogP contribution in [0.15, 0.2) is 115 Å². The Morgan fingerprint density at radius 2 is 1.48 bits per heavy atom. The fourth-order valence-electron chi connectivity index (χ4n) is 8.20. The number of nitrogens with two attached hydrogens (primary N) is 1. The number of para-hydroxylation sites is 1. The Kier molecular flexibility index (Phi) is 9.79. The number of nitrogens with zero attached hydrogens (tertiary/aromatic N) is 1. The van der Waals surface area contributed by atoms with Gasteiger partial charge >= 0.3 is 0 Å². The van der Waals surface area contributed by atoms with Gasteiger partial charge in [0.15, 0.2) is 0 Å². The Morgan fingerprint density at radius 3 is 2.26 bits per heavy atom. The van der Waals surface area contributed by atoms with Crippen LogP contribution in [-0.4, -0.2) is 17.7 Å². The van der Waals surface area contributed by atoms with Gasteiger partial charge in [-0.2, -0.15) is 0 Å². The van der Waals surface area contributed by atoms with Gasteiger partial charge in [-0.1, -0.05) is 136 Å². The summed E-state index contributed by atoms with van der Waals surface area (Å²) in [4.78, 5) is 44.0. The lowest BCUT2D eigenvalue weighted by Gasteiger charge is -2.30. The highest BCUT2D eigenvalue weighted by molar-refractivity contribution is 6.06. The first-order valence-electron chi connectivity index (χ1n) is 18.1. The van der Waals surface area contributed by atoms with Gasteiger partial charge in [0.2, 0.25) is 11.8 Å². The highest BCUT2D eigenvalue weighted by Crippen LogP contribution is 2.42. The Morgan fingerprint density at radius 1 is 0.780 bits per heavy atom. The van der Waals surface area contributed by atoms with Crippen LogP contribution in [-0.2, 0) is 20.9 Å². The van der Waals surface area contributed by atoms with Gasteiger partial charge in [-0.3, -0.25) is 14.4 Å². The first kappa shape index (κ1) is 33.3. The molecule has 50 heavy (non-hydrogen) atoms. The third-order valence-corrected chi connectivity index (χ3v) is 10.8. The molecule has 254 valence electrons. The van der Waals surface area contributed by atoms with Gasteiger partial charge in [-0.25, -0.2) is 0 Å². The van der Waals surface area contributed by atoms with E-state index in [4.69, 9.17) is 5.73 Å². The topological polar surface area (TPSA) is 92.5 Å². The molecule has 1 heterocycles. The lowest BCUT2D eigenvalue weighted by Crippen LogP contribution is -2.47. The summed E-state index contributed by atoms with van der Waals surface area (Å²) in [5.41, 5.74) is 12.5. The van der Waals surface area contributed by atoms with E-state index in [2.05, 4.69) is 47.8 Å². The second-order valence-electron chi connectivity index (χ2n) is 14.0. The Labute approximate surface area is 294 Å². The molecule has 3 N–H and O–H groups in total. The van der Waals surface area contributed by atoms with Gasteiger partial charge in [0.1, 0.15) is 6.04 Å². The molecule has 1 unspecified atom stereocenters. The van der Waals surface area contributed by atoms with Crippen LogP contribution in [0.3, 0.4) is 0 Å². The van der Waals surface area contributed by atoms with Crippen LogP contribution in [0, 0.1) is 17.8 Å². The normalized spacial score (nSPS) is 17.1. The van der Waals surface area contributed by atoms with Crippen molar-refractivity contribution in [2.45, 2.75) is 64.5 Å². The zero-order valence-corrected chi connectivity index (χ0v) is 28.7. The summed E-state index contributed by atoms with van der Waals surface area (Å²) >= 11 is 0. The second-order valence-corrected chi connectivity index (χ2v) is 14.0. The van der Waals surface area contributed by atoms with Crippen molar-refractivity contribution < 1.29 is 14.4 Å². The van der Waals surface area contributed by atoms with Gasteiger partial charge in [-0.05, 0) is 75.5 Å². The first-order valence-corrected chi connectivity index (χ1v) is 18.1. The number of primary amides is 1. The van der Waals surface area contributed by atoms with E-state index in [1.807, 2.05) is 84.6 Å². The maximum absolute atomic E-state index is 14.9. The Bertz CT molecular complexity index is 2030. The molecule has 3 amide bonds. The number of benzene rings is 5. The van der Waals surface area contributed by atoms with Crippen LogP contribution in [0.1, 0.15) is 69.0 Å². The molecule has 0 saturated heterocycles. The van der Waals surface area contributed by atoms with Gasteiger partial charge in [-0.15, -0.1) is 0 Å². The number of fused-ring (bicyclic) bond motifs is 4. The highest BCUT2D eigenvalue weighted by atomic mass is 16.2. The minimum Gasteiger partial charge on any atom is -0.369 e. The minimum absolute atomic E-state index is 0.211. The van der Waals surface area contributed by atoms with E-state index < -0.39 is 23.8 Å². The number of rotatable bonds is 11. The average Bonchev–Trinajstić information content (AvgIpc) is 3.64. The smallest absolute Gasteiger partial charge is 0.254 e. The van der Waals surface area contributed by atoms with E-state index in [1.54, 1.807) is 0 Å². The summed E-state index contributed by atoms with van der Waals surface area (Å²) < 4.78 is 0. The molecule has 0 radical (unpaired) electrons. The maximum Gasteiger partial charge on any atom is 0.254 e. The van der Waals surface area contributed by atoms with Gasteiger partial charge in [0.25, 0.3) is 5.91 Å². The summed E-state index contributed by atoms with van der Waals surface area (Å²) in [5, 5.41) is 5.56. The molecule has 6 nitrogen and oxygen atoms in total. The van der Waals surface area contributed by atoms with Crippen molar-refractivity contribution in [2.75, 3.05) is 4.90 Å². The number of hydrogen-bond donors (Lipinski definition) is 2. The summed E-state index contributed by atoms with van der Waals surface area (Å²) in [5.74, 6) is -1.73. The summed E-state index contributed by atoms with van der Waals surface area (Å²) in [7, 11) is 0. The number of hydrogen-bond acceptors (Lipinski definition) is 3. The molecule has 1 fully saturated rings. The van der Waals surface area contributed by atoms with E-state index in [0.29, 0.717) is 25.3 Å². The summed E-state index contributed by atoms with van der Waals surface area (Å²) in [6.45, 7) is 2.33. The van der Waals surface area contributed by atoms with Crippen LogP contribution < -0.4 is 16.0 Å². The molecule has 5 aromatic rings. The third kappa shape index (κ3) is 6.80. The standard InChI is InChI=1S/C44H45N3O3/c1-2-12-38(42(45)48)39(26-29-13-3-4-14-29)43(49)46-41-37-21-8-7-19-35(37)36-20-9-10-22-40(36)47(44(41)50)28-30-15-11-18-32(25-30)34-24-23-31-16-5-6-17-33(31)27-34/h5-11,15-25,27,29,38-39,41H,2-4,12-14,26,28H2,1H3,(H2,45,48)(H,46,49)/t38-,39+,41?/m0/s1. The predicted molar refractivity (Wildman–Crippen MR) is 201 cm³/mol. The SMILES string of the molecule is CCC[C@H](C(N)=O)[C@@H](CC1CCCC1)C(=O)NC1C(=O)N(Cc2cccc(-c3ccc4ccccc4c3)c2)c2ccccc2-c2ccccc21. The zero-order valence-electron chi connectivity index (χ0n) is 28.7. The second kappa shape index (κ2) is 14.7. The van der Waals surface area contributed by atoms with Gasteiger partial charge in [0, 0.05) is 17.4 Å². The van der Waals surface area contributed by atoms with Crippen molar-refractivity contribution >= 4 is 34.2 Å². The molecule has 1 aliphatic carbocycles. The molecule has 0 spiro atoms. The quantitative estimate of drug-likeness (QED) is 0.148. The molecule has 3 atom stereocenters. The van der Waals surface area contributed by atoms with Crippen molar-refractivity contribution in [1.29, 1.82) is 0 Å². The third-order valence-electron chi connectivity index (χ3n) is 10.8. The van der Waals surface area contributed by atoms with Crippen molar-refractivity contribution in [3.63, 3.8) is 0 Å². The lowest BCUT2D eigenvalue weighted by atomic mass is 9.80. The van der Waals surface area contributed by atoms with E-state index in [9.17, 15) is 14.4 Å². The number of nitrogens with one attached hydrogen (secondary N) is 1. The Hall–Kier alpha value is -5.23. The fourth-order valence-corrected chi connectivity index (χ4v) is 8.20. The van der Waals surface area contributed by atoms with Crippen LogP contribution in [0.2, 0.25) is 0 Å². The zero-order chi connectivity index (χ0) is 34.6. The van der Waals surface area contributed by atoms with E-state index >= 15 is 0 Å². The van der Waals surface area contributed by atoms with Gasteiger partial charge in [0.05, 0.1) is 12.2 Å². The lowest BCUT2D eigenvalue weighted by molar-refractivity contribution is -0.136. The predicted octanol–water partition coefficient (Wildman–Crippen LogP) is 8.98. The van der Waals surface area contributed by atoms with Crippen LogP contribution in [0.25, 0.3) is 33.0 Å². The monoisotopic (exact) mass is 663 g/mol. The van der Waals surface area contributed by atoms with E-state index in [1.165, 1.54) is 10.8 Å². The van der Waals surface area contributed by atoms with Crippen LogP contribution in [0.5, 0.6) is 0 Å². The molecule has 7 rings (SSSR count). The largest absolute Gasteiger partial charge is 0.369 e. The highest BCUT2D eigenvalue weighted by Gasteiger charge is 2.39. The number of amides is 3.